The van der Waals surface area contributed by atoms with E-state index in [2.05, 4.69) is 15.1 Å². The summed E-state index contributed by atoms with van der Waals surface area (Å²) < 4.78 is 0. The van der Waals surface area contributed by atoms with Crippen LogP contribution in [-0.2, 0) is 0 Å². The van der Waals surface area contributed by atoms with E-state index < -0.39 is 4.92 Å². The average molecular weight is 381 g/mol. The minimum Gasteiger partial charge on any atom is -0.344 e. The van der Waals surface area contributed by atoms with Gasteiger partial charge in [0.1, 0.15) is 11.8 Å². The predicted molar refractivity (Wildman–Crippen MR) is 110 cm³/mol. The van der Waals surface area contributed by atoms with E-state index in [0.29, 0.717) is 0 Å². The maximum absolute atomic E-state index is 10.9. The van der Waals surface area contributed by atoms with Crippen molar-refractivity contribution < 1.29 is 4.92 Å². The standard InChI is InChI=1S/C22H15N5O2/c1-26-21-8-4-2-6-17(21)19(18-7-3-5-9-22(18)26)14-24-25-20-11-10-16(27(28)29)12-15(20)13-23/h2-12,14H,1H3. The summed E-state index contributed by atoms with van der Waals surface area (Å²) in [4.78, 5) is 12.5. The molecule has 3 aromatic carbocycles. The van der Waals surface area contributed by atoms with Crippen LogP contribution in [0.1, 0.15) is 16.7 Å². The topological polar surface area (TPSA) is 94.9 Å². The molecule has 1 heterocycles. The van der Waals surface area contributed by atoms with Crippen LogP contribution in [0.2, 0.25) is 0 Å². The number of benzene rings is 3. The summed E-state index contributed by atoms with van der Waals surface area (Å²) in [7, 11) is 2.02. The van der Waals surface area contributed by atoms with Crippen molar-refractivity contribution in [2.75, 3.05) is 11.9 Å². The summed E-state index contributed by atoms with van der Waals surface area (Å²) in [5.41, 5.74) is 5.31. The third kappa shape index (κ3) is 3.24. The molecular formula is C22H15N5O2. The Labute approximate surface area is 167 Å². The summed E-state index contributed by atoms with van der Waals surface area (Å²) in [6, 6.07) is 21.9. The molecule has 0 amide bonds. The van der Waals surface area contributed by atoms with Crippen LogP contribution in [0.25, 0.3) is 5.57 Å². The Balaban J connectivity index is 1.78. The molecule has 7 heteroatoms. The van der Waals surface area contributed by atoms with E-state index in [1.54, 1.807) is 6.20 Å². The van der Waals surface area contributed by atoms with Crippen molar-refractivity contribution in [3.63, 3.8) is 0 Å². The molecule has 0 fully saturated rings. The minimum atomic E-state index is -0.546. The smallest absolute Gasteiger partial charge is 0.270 e. The van der Waals surface area contributed by atoms with Gasteiger partial charge in [-0.2, -0.15) is 10.4 Å². The SMILES string of the molecule is CN1c2ccccc2C(=CN=Nc2ccc([N+](=O)[O-])cc2C#N)c2ccccc21. The normalized spacial score (nSPS) is 12.3. The average Bonchev–Trinajstić information content (AvgIpc) is 2.76. The molecule has 0 saturated heterocycles. The van der Waals surface area contributed by atoms with Crippen molar-refractivity contribution in [3.05, 3.63) is 99.7 Å². The lowest BCUT2D eigenvalue weighted by Crippen LogP contribution is -2.17. The quantitative estimate of drug-likeness (QED) is 0.329. The first-order valence-electron chi connectivity index (χ1n) is 8.82. The van der Waals surface area contributed by atoms with Crippen molar-refractivity contribution in [1.82, 2.24) is 0 Å². The third-order valence-corrected chi connectivity index (χ3v) is 4.77. The van der Waals surface area contributed by atoms with Crippen LogP contribution >= 0.6 is 0 Å². The fourth-order valence-electron chi connectivity index (χ4n) is 3.36. The number of fused-ring (bicyclic) bond motifs is 2. The summed E-state index contributed by atoms with van der Waals surface area (Å²) in [6.07, 6.45) is 1.66. The molecule has 0 radical (unpaired) electrons. The third-order valence-electron chi connectivity index (χ3n) is 4.77. The van der Waals surface area contributed by atoms with E-state index in [1.807, 2.05) is 61.6 Å². The van der Waals surface area contributed by atoms with E-state index in [1.165, 1.54) is 18.2 Å². The van der Waals surface area contributed by atoms with Crippen LogP contribution in [0.15, 0.2) is 83.2 Å². The molecule has 0 N–H and O–H groups in total. The number of nitro groups is 1. The van der Waals surface area contributed by atoms with Crippen molar-refractivity contribution in [1.29, 1.82) is 5.26 Å². The Morgan fingerprint density at radius 3 is 2.24 bits per heavy atom. The molecule has 29 heavy (non-hydrogen) atoms. The first-order chi connectivity index (χ1) is 14.1. The zero-order valence-corrected chi connectivity index (χ0v) is 15.5. The van der Waals surface area contributed by atoms with Gasteiger partial charge in [0.05, 0.1) is 16.7 Å². The molecular weight excluding hydrogens is 366 g/mol. The van der Waals surface area contributed by atoms with Crippen LogP contribution in [0.4, 0.5) is 22.7 Å². The van der Waals surface area contributed by atoms with Crippen molar-refractivity contribution in [3.8, 4) is 6.07 Å². The van der Waals surface area contributed by atoms with Crippen LogP contribution in [0, 0.1) is 21.4 Å². The number of hydrogen-bond donors (Lipinski definition) is 0. The van der Waals surface area contributed by atoms with Crippen molar-refractivity contribution in [2.24, 2.45) is 10.2 Å². The molecule has 1 aliphatic heterocycles. The molecule has 0 aromatic heterocycles. The number of hydrogen-bond acceptors (Lipinski definition) is 6. The highest BCUT2D eigenvalue weighted by Crippen LogP contribution is 2.43. The molecule has 4 rings (SSSR count). The first kappa shape index (κ1) is 18.1. The van der Waals surface area contributed by atoms with Gasteiger partial charge in [0.15, 0.2) is 0 Å². The van der Waals surface area contributed by atoms with Gasteiger partial charge in [0, 0.05) is 47.3 Å². The number of non-ortho nitro benzene ring substituents is 1. The van der Waals surface area contributed by atoms with Crippen LogP contribution < -0.4 is 4.90 Å². The number of nitrogens with zero attached hydrogens (tertiary/aromatic N) is 5. The number of azo groups is 1. The maximum atomic E-state index is 10.9. The van der Waals surface area contributed by atoms with Gasteiger partial charge >= 0.3 is 0 Å². The van der Waals surface area contributed by atoms with Gasteiger partial charge in [0.2, 0.25) is 0 Å². The Bertz CT molecular complexity index is 1170. The van der Waals surface area contributed by atoms with Crippen molar-refractivity contribution >= 4 is 28.3 Å². The largest absolute Gasteiger partial charge is 0.344 e. The second-order valence-electron chi connectivity index (χ2n) is 6.42. The molecule has 140 valence electrons. The molecule has 0 aliphatic carbocycles. The number of nitro benzene ring substituents is 1. The molecule has 3 aromatic rings. The maximum Gasteiger partial charge on any atom is 0.270 e. The Morgan fingerprint density at radius 1 is 1.03 bits per heavy atom. The number of para-hydroxylation sites is 2. The van der Waals surface area contributed by atoms with Crippen LogP contribution in [-0.4, -0.2) is 12.0 Å². The van der Waals surface area contributed by atoms with Gasteiger partial charge in [-0.15, -0.1) is 5.11 Å². The highest BCUT2D eigenvalue weighted by Gasteiger charge is 2.23. The lowest BCUT2D eigenvalue weighted by Gasteiger charge is -2.31. The fourth-order valence-corrected chi connectivity index (χ4v) is 3.36. The van der Waals surface area contributed by atoms with Gasteiger partial charge in [-0.3, -0.25) is 10.1 Å². The fraction of sp³-hybridized carbons (Fsp3) is 0.0455. The van der Waals surface area contributed by atoms with Crippen molar-refractivity contribution in [2.45, 2.75) is 0 Å². The zero-order chi connectivity index (χ0) is 20.4. The lowest BCUT2D eigenvalue weighted by atomic mass is 9.91. The van der Waals surface area contributed by atoms with Crippen LogP contribution in [0.5, 0.6) is 0 Å². The Hall–Kier alpha value is -4.31. The van der Waals surface area contributed by atoms with E-state index in [9.17, 15) is 15.4 Å². The number of nitriles is 1. The van der Waals surface area contributed by atoms with E-state index in [0.717, 1.165) is 28.1 Å². The van der Waals surface area contributed by atoms with E-state index in [-0.39, 0.29) is 16.9 Å². The summed E-state index contributed by atoms with van der Waals surface area (Å²) in [5, 5.41) is 28.5. The highest BCUT2D eigenvalue weighted by molar-refractivity contribution is 5.97. The number of rotatable bonds is 3. The summed E-state index contributed by atoms with van der Waals surface area (Å²) in [6.45, 7) is 0. The Kier molecular flexibility index (Phi) is 4.59. The van der Waals surface area contributed by atoms with E-state index >= 15 is 0 Å². The predicted octanol–water partition coefficient (Wildman–Crippen LogP) is 5.72. The van der Waals surface area contributed by atoms with Gasteiger partial charge < -0.3 is 4.90 Å². The molecule has 0 spiro atoms. The van der Waals surface area contributed by atoms with Gasteiger partial charge in [-0.1, -0.05) is 36.4 Å². The van der Waals surface area contributed by atoms with Gasteiger partial charge in [-0.05, 0) is 18.2 Å². The highest BCUT2D eigenvalue weighted by atomic mass is 16.6. The van der Waals surface area contributed by atoms with Gasteiger partial charge in [0.25, 0.3) is 5.69 Å². The molecule has 0 saturated carbocycles. The first-order valence-corrected chi connectivity index (χ1v) is 8.82. The van der Waals surface area contributed by atoms with Crippen LogP contribution in [0.3, 0.4) is 0 Å². The zero-order valence-electron chi connectivity index (χ0n) is 15.5. The minimum absolute atomic E-state index is 0.102. The monoisotopic (exact) mass is 381 g/mol. The van der Waals surface area contributed by atoms with E-state index in [4.69, 9.17) is 0 Å². The Morgan fingerprint density at radius 2 is 1.66 bits per heavy atom. The molecule has 0 bridgehead atoms. The summed E-state index contributed by atoms with van der Waals surface area (Å²) >= 11 is 0. The second-order valence-corrected chi connectivity index (χ2v) is 6.42. The molecule has 0 unspecified atom stereocenters. The lowest BCUT2D eigenvalue weighted by molar-refractivity contribution is -0.384. The molecule has 0 atom stereocenters. The summed E-state index contributed by atoms with van der Waals surface area (Å²) in [5.74, 6) is 0. The molecule has 1 aliphatic rings. The number of anilines is 2. The second kappa shape index (κ2) is 7.37. The molecule has 7 nitrogen and oxygen atoms in total. The van der Waals surface area contributed by atoms with Gasteiger partial charge in [-0.25, -0.2) is 0 Å².